The number of aliphatic imine (C=N–C) groups is 1. The smallest absolute Gasteiger partial charge is 0.191 e. The largest absolute Gasteiger partial charge is 0.381 e. The summed E-state index contributed by atoms with van der Waals surface area (Å²) in [5, 5.41) is 7.70. The fourth-order valence-electron chi connectivity index (χ4n) is 2.91. The topological polar surface area (TPSA) is 61.4 Å². The molecule has 1 heterocycles. The molecule has 0 bridgehead atoms. The molecule has 0 saturated heterocycles. The summed E-state index contributed by atoms with van der Waals surface area (Å²) in [4.78, 5) is 7.73. The van der Waals surface area contributed by atoms with Crippen LogP contribution in [0.25, 0.3) is 10.9 Å². The summed E-state index contributed by atoms with van der Waals surface area (Å²) in [5.41, 5.74) is 2.02. The molecular formula is C20H29FN4O. The van der Waals surface area contributed by atoms with Gasteiger partial charge in [0, 0.05) is 49.9 Å². The SMILES string of the molecule is CCNC(=NCCCOCC1CC1)NCCc1c[nH]c2cc(F)ccc12. The summed E-state index contributed by atoms with van der Waals surface area (Å²) in [6, 6.07) is 4.87. The molecule has 5 nitrogen and oxygen atoms in total. The Bertz CT molecular complexity index is 724. The van der Waals surface area contributed by atoms with Gasteiger partial charge in [-0.1, -0.05) is 0 Å². The normalized spacial score (nSPS) is 14.8. The van der Waals surface area contributed by atoms with Crippen molar-refractivity contribution in [1.29, 1.82) is 0 Å². The van der Waals surface area contributed by atoms with E-state index in [2.05, 4.69) is 27.5 Å². The minimum absolute atomic E-state index is 0.216. The molecule has 6 heteroatoms. The molecule has 3 N–H and O–H groups in total. The molecule has 0 atom stereocenters. The standard InChI is InChI=1S/C20H29FN4O/c1-2-22-20(23-9-3-11-26-14-15-4-5-15)24-10-8-16-13-25-19-12-17(21)6-7-18(16)19/h6-7,12-13,15,25H,2-5,8-11,14H2,1H3,(H2,22,23,24). The van der Waals surface area contributed by atoms with Crippen LogP contribution in [0.1, 0.15) is 31.7 Å². The lowest BCUT2D eigenvalue weighted by molar-refractivity contribution is 0.123. The number of rotatable bonds is 10. The molecule has 1 saturated carbocycles. The van der Waals surface area contributed by atoms with Crippen molar-refractivity contribution >= 4 is 16.9 Å². The van der Waals surface area contributed by atoms with E-state index < -0.39 is 0 Å². The molecule has 3 rings (SSSR count). The van der Waals surface area contributed by atoms with Crippen LogP contribution in [0.2, 0.25) is 0 Å². The van der Waals surface area contributed by atoms with Crippen molar-refractivity contribution in [2.45, 2.75) is 32.6 Å². The highest BCUT2D eigenvalue weighted by Crippen LogP contribution is 2.28. The summed E-state index contributed by atoms with van der Waals surface area (Å²) in [6.07, 6.45) is 6.40. The van der Waals surface area contributed by atoms with Gasteiger partial charge in [0.15, 0.2) is 5.96 Å². The summed E-state index contributed by atoms with van der Waals surface area (Å²) in [6.45, 7) is 6.11. The Morgan fingerprint density at radius 3 is 3.04 bits per heavy atom. The molecule has 0 unspecified atom stereocenters. The number of hydrogen-bond acceptors (Lipinski definition) is 2. The Hall–Kier alpha value is -2.08. The van der Waals surface area contributed by atoms with Crippen LogP contribution >= 0.6 is 0 Å². The van der Waals surface area contributed by atoms with Gasteiger partial charge in [0.25, 0.3) is 0 Å². The quantitative estimate of drug-likeness (QED) is 0.346. The molecule has 26 heavy (non-hydrogen) atoms. The lowest BCUT2D eigenvalue weighted by Gasteiger charge is -2.11. The summed E-state index contributed by atoms with van der Waals surface area (Å²) < 4.78 is 18.9. The molecule has 1 aliphatic carbocycles. The van der Waals surface area contributed by atoms with Crippen LogP contribution in [0.5, 0.6) is 0 Å². The number of benzene rings is 1. The third-order valence-electron chi connectivity index (χ3n) is 4.53. The average molecular weight is 360 g/mol. The number of aromatic nitrogens is 1. The zero-order valence-corrected chi connectivity index (χ0v) is 15.5. The van der Waals surface area contributed by atoms with E-state index in [1.807, 2.05) is 12.3 Å². The Kier molecular flexibility index (Phi) is 6.89. The summed E-state index contributed by atoms with van der Waals surface area (Å²) >= 11 is 0. The van der Waals surface area contributed by atoms with Crippen LogP contribution in [0.15, 0.2) is 29.4 Å². The van der Waals surface area contributed by atoms with Crippen molar-refractivity contribution in [1.82, 2.24) is 15.6 Å². The van der Waals surface area contributed by atoms with E-state index in [1.54, 1.807) is 0 Å². The van der Waals surface area contributed by atoms with Crippen molar-refractivity contribution < 1.29 is 9.13 Å². The Morgan fingerprint density at radius 2 is 2.23 bits per heavy atom. The second kappa shape index (κ2) is 9.57. The lowest BCUT2D eigenvalue weighted by Crippen LogP contribution is -2.38. The van der Waals surface area contributed by atoms with Crippen LogP contribution in [-0.4, -0.2) is 43.8 Å². The molecule has 142 valence electrons. The van der Waals surface area contributed by atoms with Crippen molar-refractivity contribution in [3.63, 3.8) is 0 Å². The molecule has 2 aromatic rings. The average Bonchev–Trinajstić information content (AvgIpc) is 3.38. The molecule has 1 fully saturated rings. The van der Waals surface area contributed by atoms with Crippen molar-refractivity contribution in [3.8, 4) is 0 Å². The number of fused-ring (bicyclic) bond motifs is 1. The van der Waals surface area contributed by atoms with Gasteiger partial charge in [0.05, 0.1) is 0 Å². The number of nitrogens with one attached hydrogen (secondary N) is 3. The molecular weight excluding hydrogens is 331 g/mol. The van der Waals surface area contributed by atoms with E-state index in [0.29, 0.717) is 0 Å². The number of guanidine groups is 1. The van der Waals surface area contributed by atoms with E-state index >= 15 is 0 Å². The summed E-state index contributed by atoms with van der Waals surface area (Å²) in [7, 11) is 0. The minimum atomic E-state index is -0.216. The van der Waals surface area contributed by atoms with E-state index in [-0.39, 0.29) is 5.82 Å². The van der Waals surface area contributed by atoms with Crippen molar-refractivity contribution in [3.05, 3.63) is 35.8 Å². The van der Waals surface area contributed by atoms with Crippen LogP contribution in [0.3, 0.4) is 0 Å². The van der Waals surface area contributed by atoms with E-state index in [9.17, 15) is 4.39 Å². The van der Waals surface area contributed by atoms with Gasteiger partial charge in [-0.3, -0.25) is 4.99 Å². The monoisotopic (exact) mass is 360 g/mol. The highest BCUT2D eigenvalue weighted by atomic mass is 19.1. The van der Waals surface area contributed by atoms with Gasteiger partial charge in [-0.25, -0.2) is 4.39 Å². The van der Waals surface area contributed by atoms with E-state index in [1.165, 1.54) is 30.5 Å². The third-order valence-corrected chi connectivity index (χ3v) is 4.53. The first-order valence-electron chi connectivity index (χ1n) is 9.61. The van der Waals surface area contributed by atoms with E-state index in [4.69, 9.17) is 4.74 Å². The van der Waals surface area contributed by atoms with Gasteiger partial charge in [-0.2, -0.15) is 0 Å². The van der Waals surface area contributed by atoms with Gasteiger partial charge < -0.3 is 20.4 Å². The fourth-order valence-corrected chi connectivity index (χ4v) is 2.91. The van der Waals surface area contributed by atoms with Crippen molar-refractivity contribution in [2.24, 2.45) is 10.9 Å². The first-order chi connectivity index (χ1) is 12.8. The van der Waals surface area contributed by atoms with Gasteiger partial charge in [-0.15, -0.1) is 0 Å². The second-order valence-corrected chi connectivity index (χ2v) is 6.81. The Morgan fingerprint density at radius 1 is 1.35 bits per heavy atom. The number of hydrogen-bond donors (Lipinski definition) is 3. The highest BCUT2D eigenvalue weighted by molar-refractivity contribution is 5.83. The molecule has 0 aliphatic heterocycles. The van der Waals surface area contributed by atoms with E-state index in [0.717, 1.165) is 68.5 Å². The van der Waals surface area contributed by atoms with Gasteiger partial charge in [0.2, 0.25) is 0 Å². The van der Waals surface area contributed by atoms with Crippen LogP contribution in [0.4, 0.5) is 4.39 Å². The highest BCUT2D eigenvalue weighted by Gasteiger charge is 2.20. The molecule has 0 radical (unpaired) electrons. The first kappa shape index (κ1) is 18.7. The predicted octanol–water partition coefficient (Wildman–Crippen LogP) is 3.22. The number of aromatic amines is 1. The Labute approximate surface area is 154 Å². The van der Waals surface area contributed by atoms with Crippen LogP contribution in [-0.2, 0) is 11.2 Å². The number of ether oxygens (including phenoxy) is 1. The van der Waals surface area contributed by atoms with Crippen LogP contribution in [0, 0.1) is 11.7 Å². The van der Waals surface area contributed by atoms with Gasteiger partial charge >= 0.3 is 0 Å². The third kappa shape index (κ3) is 5.73. The summed E-state index contributed by atoms with van der Waals surface area (Å²) in [5.74, 6) is 1.44. The lowest BCUT2D eigenvalue weighted by atomic mass is 10.1. The minimum Gasteiger partial charge on any atom is -0.381 e. The zero-order valence-electron chi connectivity index (χ0n) is 15.5. The fraction of sp³-hybridized carbons (Fsp3) is 0.550. The first-order valence-corrected chi connectivity index (χ1v) is 9.61. The van der Waals surface area contributed by atoms with Gasteiger partial charge in [-0.05, 0) is 62.3 Å². The molecule has 0 spiro atoms. The number of nitrogens with zero attached hydrogens (tertiary/aromatic N) is 1. The second-order valence-electron chi connectivity index (χ2n) is 6.81. The maximum Gasteiger partial charge on any atom is 0.191 e. The maximum atomic E-state index is 13.3. The zero-order chi connectivity index (χ0) is 18.2. The number of halogens is 1. The molecule has 1 aliphatic rings. The molecule has 1 aromatic carbocycles. The molecule has 1 aromatic heterocycles. The van der Waals surface area contributed by atoms with Crippen molar-refractivity contribution in [2.75, 3.05) is 32.8 Å². The number of H-pyrrole nitrogens is 1. The predicted molar refractivity (Wildman–Crippen MR) is 104 cm³/mol. The molecule has 0 amide bonds. The van der Waals surface area contributed by atoms with Crippen LogP contribution < -0.4 is 10.6 Å². The van der Waals surface area contributed by atoms with Gasteiger partial charge in [0.1, 0.15) is 5.82 Å². The maximum absolute atomic E-state index is 13.3. The Balaban J connectivity index is 1.41.